The molecule has 1 spiro atoms. The molecule has 35 heavy (non-hydrogen) atoms. The Morgan fingerprint density at radius 2 is 2.06 bits per heavy atom. The van der Waals surface area contributed by atoms with Gasteiger partial charge < -0.3 is 14.5 Å². The number of benzene rings is 1. The monoisotopic (exact) mass is 507 g/mol. The van der Waals surface area contributed by atoms with Gasteiger partial charge in [0, 0.05) is 25.4 Å². The average Bonchev–Trinajstić information content (AvgIpc) is 3.13. The number of likely N-dealkylation sites (tertiary alicyclic amines) is 1. The molecule has 0 amide bonds. The van der Waals surface area contributed by atoms with Crippen LogP contribution in [0.25, 0.3) is 11.5 Å². The van der Waals surface area contributed by atoms with Crippen LogP contribution in [0.3, 0.4) is 0 Å². The van der Waals surface area contributed by atoms with E-state index in [1.54, 1.807) is 23.9 Å². The van der Waals surface area contributed by atoms with Gasteiger partial charge in [-0.2, -0.15) is 13.2 Å². The number of rotatable bonds is 7. The molecule has 2 fully saturated rings. The molecule has 11 heteroatoms. The van der Waals surface area contributed by atoms with Crippen LogP contribution in [0.4, 0.5) is 17.6 Å². The number of aromatic amines is 1. The molecule has 1 saturated carbocycles. The van der Waals surface area contributed by atoms with Crippen LogP contribution < -0.4 is 5.56 Å². The molecule has 1 aromatic carbocycles. The molecule has 1 aliphatic heterocycles. The Hall–Kier alpha value is -2.66. The first-order valence-corrected chi connectivity index (χ1v) is 12.5. The first kappa shape index (κ1) is 24.1. The minimum Gasteiger partial charge on any atom is -0.319 e. The van der Waals surface area contributed by atoms with Crippen molar-refractivity contribution in [1.29, 1.82) is 0 Å². The highest BCUT2D eigenvalue weighted by Crippen LogP contribution is 2.64. The van der Waals surface area contributed by atoms with Crippen LogP contribution in [-0.4, -0.2) is 50.0 Å². The number of nitrogens with zero attached hydrogens (tertiary/aromatic N) is 4. The molecular formula is C24H25F4N5OS. The van der Waals surface area contributed by atoms with Crippen molar-refractivity contribution in [3.63, 3.8) is 0 Å². The van der Waals surface area contributed by atoms with Crippen molar-refractivity contribution in [2.45, 2.75) is 36.5 Å². The fraction of sp³-hybridized carbons (Fsp3) is 0.458. The maximum atomic E-state index is 14.4. The second-order valence-corrected chi connectivity index (χ2v) is 10.4. The molecule has 3 heterocycles. The lowest BCUT2D eigenvalue weighted by Crippen LogP contribution is -2.23. The van der Waals surface area contributed by atoms with Gasteiger partial charge in [0.2, 0.25) is 5.56 Å². The molecule has 2 atom stereocenters. The van der Waals surface area contributed by atoms with Gasteiger partial charge in [-0.25, -0.2) is 4.39 Å². The van der Waals surface area contributed by atoms with Crippen LogP contribution in [0.5, 0.6) is 0 Å². The highest BCUT2D eigenvalue weighted by molar-refractivity contribution is 7.99. The summed E-state index contributed by atoms with van der Waals surface area (Å²) in [6.45, 7) is 2.66. The van der Waals surface area contributed by atoms with Crippen molar-refractivity contribution in [2.24, 2.45) is 12.5 Å². The molecular weight excluding hydrogens is 482 g/mol. The summed E-state index contributed by atoms with van der Waals surface area (Å²) in [4.78, 5) is 16.7. The van der Waals surface area contributed by atoms with E-state index in [1.807, 2.05) is 11.6 Å². The molecule has 3 aromatic rings. The Bertz CT molecular complexity index is 1290. The molecule has 1 N–H and O–H groups in total. The summed E-state index contributed by atoms with van der Waals surface area (Å²) >= 11 is 1.60. The fourth-order valence-electron chi connectivity index (χ4n) is 5.10. The molecule has 1 saturated heterocycles. The lowest BCUT2D eigenvalue weighted by Gasteiger charge is -2.16. The normalized spacial score (nSPS) is 22.3. The zero-order valence-corrected chi connectivity index (χ0v) is 19.9. The van der Waals surface area contributed by atoms with Crippen molar-refractivity contribution in [3.8, 4) is 11.5 Å². The van der Waals surface area contributed by atoms with Crippen LogP contribution in [0.2, 0.25) is 0 Å². The van der Waals surface area contributed by atoms with Gasteiger partial charge in [0.15, 0.2) is 11.0 Å². The number of alkyl halides is 3. The zero-order chi connectivity index (χ0) is 24.8. The van der Waals surface area contributed by atoms with Gasteiger partial charge in [-0.3, -0.25) is 4.79 Å². The number of aromatic nitrogens is 4. The number of hydrogen-bond donors (Lipinski definition) is 1. The van der Waals surface area contributed by atoms with E-state index in [2.05, 4.69) is 20.1 Å². The quantitative estimate of drug-likeness (QED) is 0.286. The molecule has 6 nitrogen and oxygen atoms in total. The lowest BCUT2D eigenvalue weighted by atomic mass is 9.97. The molecule has 1 aliphatic carbocycles. The molecule has 5 rings (SSSR count). The standard InChI is InChI=1S/C24H25F4N5OS/c1-32-21(19-4-2-5-20(34)29-19)30-31-22(32)35-11-3-9-33-10-8-23(14-33)13-17(23)16-7-6-15(12-18(16)25)24(26,27)28/h2,4-7,12,17H,3,8-11,13-14H2,1H3,(H,29,34). The summed E-state index contributed by atoms with van der Waals surface area (Å²) in [6, 6.07) is 7.83. The largest absolute Gasteiger partial charge is 0.416 e. The number of thioether (sulfide) groups is 1. The smallest absolute Gasteiger partial charge is 0.319 e. The summed E-state index contributed by atoms with van der Waals surface area (Å²) < 4.78 is 54.8. The van der Waals surface area contributed by atoms with Gasteiger partial charge >= 0.3 is 6.18 Å². The van der Waals surface area contributed by atoms with Crippen LogP contribution in [-0.2, 0) is 13.2 Å². The topological polar surface area (TPSA) is 66.8 Å². The summed E-state index contributed by atoms with van der Waals surface area (Å²) in [6.07, 6.45) is -1.84. The summed E-state index contributed by atoms with van der Waals surface area (Å²) in [5, 5.41) is 9.19. The molecule has 2 unspecified atom stereocenters. The second kappa shape index (κ2) is 9.09. The summed E-state index contributed by atoms with van der Waals surface area (Å²) in [5.74, 6) is 0.685. The van der Waals surface area contributed by atoms with Gasteiger partial charge in [-0.1, -0.05) is 23.9 Å². The molecule has 2 aromatic heterocycles. The second-order valence-electron chi connectivity index (χ2n) is 9.38. The van der Waals surface area contributed by atoms with Crippen LogP contribution in [0.1, 0.15) is 36.3 Å². The third-order valence-electron chi connectivity index (χ3n) is 7.05. The lowest BCUT2D eigenvalue weighted by molar-refractivity contribution is -0.137. The third kappa shape index (κ3) is 4.88. The maximum absolute atomic E-state index is 14.4. The van der Waals surface area contributed by atoms with Gasteiger partial charge in [0.05, 0.1) is 11.3 Å². The number of hydrogen-bond acceptors (Lipinski definition) is 5. The SMILES string of the molecule is Cn1c(SCCCN2CCC3(CC3c3ccc(C(F)(F)F)cc3F)C2)nnc1-c1cccc(=O)[nH]1. The Morgan fingerprint density at radius 3 is 2.80 bits per heavy atom. The molecule has 2 aliphatic rings. The minimum atomic E-state index is -4.53. The highest BCUT2D eigenvalue weighted by Gasteiger charge is 2.58. The number of halogens is 4. The number of pyridine rings is 1. The average molecular weight is 508 g/mol. The highest BCUT2D eigenvalue weighted by atomic mass is 32.2. The van der Waals surface area contributed by atoms with Crippen molar-refractivity contribution in [2.75, 3.05) is 25.4 Å². The Kier molecular flexibility index (Phi) is 6.25. The van der Waals surface area contributed by atoms with E-state index in [0.29, 0.717) is 23.1 Å². The third-order valence-corrected chi connectivity index (χ3v) is 8.16. The van der Waals surface area contributed by atoms with Crippen LogP contribution in [0.15, 0.2) is 46.3 Å². The summed E-state index contributed by atoms with van der Waals surface area (Å²) in [7, 11) is 1.86. The molecule has 186 valence electrons. The fourth-order valence-corrected chi connectivity index (χ4v) is 5.94. The van der Waals surface area contributed by atoms with Crippen molar-refractivity contribution >= 4 is 11.8 Å². The van der Waals surface area contributed by atoms with Crippen molar-refractivity contribution in [3.05, 3.63) is 63.7 Å². The molecule has 0 bridgehead atoms. The summed E-state index contributed by atoms with van der Waals surface area (Å²) in [5.41, 5.74) is -0.120. The van der Waals surface area contributed by atoms with Crippen LogP contribution in [0, 0.1) is 11.2 Å². The van der Waals surface area contributed by atoms with E-state index in [-0.39, 0.29) is 16.9 Å². The van der Waals surface area contributed by atoms with Gasteiger partial charge in [0.1, 0.15) is 5.82 Å². The van der Waals surface area contributed by atoms with Gasteiger partial charge in [-0.15, -0.1) is 10.2 Å². The zero-order valence-electron chi connectivity index (χ0n) is 19.1. The first-order valence-electron chi connectivity index (χ1n) is 11.5. The maximum Gasteiger partial charge on any atom is 0.416 e. The van der Waals surface area contributed by atoms with E-state index < -0.39 is 17.6 Å². The number of nitrogens with one attached hydrogen (secondary N) is 1. The van der Waals surface area contributed by atoms with Crippen LogP contribution >= 0.6 is 11.8 Å². The van der Waals surface area contributed by atoms with Crippen molar-refractivity contribution in [1.82, 2.24) is 24.6 Å². The van der Waals surface area contributed by atoms with E-state index >= 15 is 0 Å². The van der Waals surface area contributed by atoms with E-state index in [9.17, 15) is 22.4 Å². The minimum absolute atomic E-state index is 0.00866. The Labute approximate surface area is 203 Å². The van der Waals surface area contributed by atoms with Crippen molar-refractivity contribution < 1.29 is 17.6 Å². The predicted octanol–water partition coefficient (Wildman–Crippen LogP) is 4.69. The Morgan fingerprint density at radius 1 is 1.23 bits per heavy atom. The number of H-pyrrole nitrogens is 1. The van der Waals surface area contributed by atoms with E-state index in [1.165, 1.54) is 12.1 Å². The first-order chi connectivity index (χ1) is 16.7. The van der Waals surface area contributed by atoms with E-state index in [4.69, 9.17) is 0 Å². The van der Waals surface area contributed by atoms with E-state index in [0.717, 1.165) is 55.9 Å². The predicted molar refractivity (Wildman–Crippen MR) is 125 cm³/mol. The van der Waals surface area contributed by atoms with Gasteiger partial charge in [0.25, 0.3) is 0 Å². The molecule has 0 radical (unpaired) electrons. The van der Waals surface area contributed by atoms with Gasteiger partial charge in [-0.05, 0) is 67.4 Å². The Balaban J connectivity index is 1.11.